The molecule has 0 bridgehead atoms. The van der Waals surface area contributed by atoms with Crippen LogP contribution in [0.4, 0.5) is 0 Å². The summed E-state index contributed by atoms with van der Waals surface area (Å²) in [5, 5.41) is 0. The molecule has 1 aromatic heterocycles. The quantitative estimate of drug-likeness (QED) is 0.363. The van der Waals surface area contributed by atoms with E-state index in [1.807, 2.05) is 18.3 Å². The van der Waals surface area contributed by atoms with E-state index in [2.05, 4.69) is 64.5 Å². The Kier molecular flexibility index (Phi) is 8.87. The van der Waals surface area contributed by atoms with Gasteiger partial charge in [0.05, 0.1) is 5.69 Å². The van der Waals surface area contributed by atoms with E-state index in [-0.39, 0.29) is 44.4 Å². The predicted octanol–water partition coefficient (Wildman–Crippen LogP) is 3.34. The van der Waals surface area contributed by atoms with Crippen LogP contribution < -0.4 is 0 Å². The molecule has 0 N–H and O–H groups in total. The van der Waals surface area contributed by atoms with Crippen molar-refractivity contribution in [1.82, 2.24) is 9.88 Å². The van der Waals surface area contributed by atoms with Gasteiger partial charge in [0.15, 0.2) is 0 Å². The smallest absolute Gasteiger partial charge is 0.303 e. The van der Waals surface area contributed by atoms with Gasteiger partial charge in [0.1, 0.15) is 0 Å². The number of hydrogen-bond donors (Lipinski definition) is 0. The van der Waals surface area contributed by atoms with Gasteiger partial charge in [0.25, 0.3) is 0 Å². The fourth-order valence-corrected chi connectivity index (χ4v) is 2.44. The molecule has 3 aromatic rings. The van der Waals surface area contributed by atoms with Gasteiger partial charge < -0.3 is 4.90 Å². The molecule has 0 aliphatic carbocycles. The Bertz CT molecular complexity index is 570. The molecule has 0 spiro atoms. The maximum atomic E-state index is 4.44. The Balaban J connectivity index is 0.00000121. The summed E-state index contributed by atoms with van der Waals surface area (Å²) in [7, 11) is 0. The molecule has 2 radical (unpaired) electrons. The summed E-state index contributed by atoms with van der Waals surface area (Å²) >= 11 is 0. The van der Waals surface area contributed by atoms with Gasteiger partial charge in [-0.3, -0.25) is 4.98 Å². The van der Waals surface area contributed by atoms with Crippen molar-refractivity contribution in [1.29, 1.82) is 0 Å². The van der Waals surface area contributed by atoms with Crippen molar-refractivity contribution in [2.24, 2.45) is 0 Å². The summed E-state index contributed by atoms with van der Waals surface area (Å²) < 4.78 is 0. The minimum Gasteiger partial charge on any atom is -0.303 e. The number of rotatable bonds is 6. The van der Waals surface area contributed by atoms with E-state index in [0.29, 0.717) is 0 Å². The molecular formula is C18H18FeN2Pb. The number of aromatic nitrogens is 1. The maximum absolute atomic E-state index is 4.44. The van der Waals surface area contributed by atoms with Crippen LogP contribution in [-0.4, -0.2) is 37.2 Å². The number of hydrogen-bond acceptors (Lipinski definition) is 2. The molecule has 0 aliphatic heterocycles. The first-order valence-corrected chi connectivity index (χ1v) is 6.93. The fraction of sp³-hybridized carbons (Fsp3) is 0.167. The van der Waals surface area contributed by atoms with Crippen molar-refractivity contribution in [3.8, 4) is 0 Å². The van der Waals surface area contributed by atoms with Crippen molar-refractivity contribution >= 4 is 27.3 Å². The first-order chi connectivity index (χ1) is 9.90. The Morgan fingerprint density at radius 2 is 1.86 bits per heavy atom. The summed E-state index contributed by atoms with van der Waals surface area (Å²) in [5.74, 6) is 0. The molecule has 0 saturated heterocycles. The van der Waals surface area contributed by atoms with Crippen LogP contribution in [0.5, 0.6) is 0 Å². The molecule has 4 heteroatoms. The number of nitrogens with zero attached hydrogens (tertiary/aromatic N) is 2. The standard InChI is InChI=1S/C18H18N2.Fe.Pb/c1-2-8-16(7-1)13-20(14-17-9-3-4-10-17)15-18-11-5-6-12-19-18;;/h1-12H,13-15H2;;/q-2;;+2. The SMILES string of the molecule is [Fe].[Pb+2].c1ccc(CN(Cc2cc[cH-]c2)Cc2ccc[cH-]2)nc1. The Hall–Kier alpha value is -0.748. The maximum Gasteiger partial charge on any atom is 2.00 e. The molecule has 0 fully saturated rings. The first-order valence-electron chi connectivity index (χ1n) is 6.93. The summed E-state index contributed by atoms with van der Waals surface area (Å²) in [6.45, 7) is 2.78. The zero-order chi connectivity index (χ0) is 13.6. The molecule has 0 saturated carbocycles. The zero-order valence-electron chi connectivity index (χ0n) is 12.3. The second-order valence-electron chi connectivity index (χ2n) is 5.05. The van der Waals surface area contributed by atoms with Gasteiger partial charge in [-0.1, -0.05) is 6.07 Å². The normalized spacial score (nSPS) is 10.0. The Morgan fingerprint density at radius 1 is 0.955 bits per heavy atom. The van der Waals surface area contributed by atoms with Crippen molar-refractivity contribution in [2.75, 3.05) is 0 Å². The molecule has 0 atom stereocenters. The second-order valence-corrected chi connectivity index (χ2v) is 5.05. The minimum atomic E-state index is 0. The average molecular weight is 525 g/mol. The Morgan fingerprint density at radius 3 is 2.50 bits per heavy atom. The molecule has 0 amide bonds. The molecule has 0 unspecified atom stereocenters. The van der Waals surface area contributed by atoms with Crippen molar-refractivity contribution in [3.05, 3.63) is 89.7 Å². The van der Waals surface area contributed by atoms with E-state index < -0.39 is 0 Å². The van der Waals surface area contributed by atoms with Gasteiger partial charge >= 0.3 is 27.3 Å². The van der Waals surface area contributed by atoms with Crippen LogP contribution in [0.25, 0.3) is 0 Å². The topological polar surface area (TPSA) is 16.1 Å². The average Bonchev–Trinajstić information content (AvgIpc) is 3.13. The molecule has 2 nitrogen and oxygen atoms in total. The van der Waals surface area contributed by atoms with Gasteiger partial charge in [0.2, 0.25) is 0 Å². The fourth-order valence-electron chi connectivity index (χ4n) is 2.44. The van der Waals surface area contributed by atoms with Gasteiger partial charge in [-0.25, -0.2) is 18.2 Å². The van der Waals surface area contributed by atoms with Gasteiger partial charge in [-0.15, -0.1) is 0 Å². The third kappa shape index (κ3) is 5.80. The van der Waals surface area contributed by atoms with E-state index >= 15 is 0 Å². The summed E-state index contributed by atoms with van der Waals surface area (Å²) in [6, 6.07) is 23.2. The Labute approximate surface area is 162 Å². The monoisotopic (exact) mass is 526 g/mol. The predicted molar refractivity (Wildman–Crippen MR) is 87.0 cm³/mol. The molecule has 2 aromatic carbocycles. The van der Waals surface area contributed by atoms with Gasteiger partial charge in [0, 0.05) is 29.8 Å². The van der Waals surface area contributed by atoms with Crippen LogP contribution in [-0.2, 0) is 36.7 Å². The van der Waals surface area contributed by atoms with Crippen LogP contribution in [0.2, 0.25) is 0 Å². The van der Waals surface area contributed by atoms with Crippen LogP contribution in [0.3, 0.4) is 0 Å². The molecule has 1 heterocycles. The van der Waals surface area contributed by atoms with Gasteiger partial charge in [-0.2, -0.15) is 41.5 Å². The summed E-state index contributed by atoms with van der Waals surface area (Å²) in [5.41, 5.74) is 3.82. The van der Waals surface area contributed by atoms with Crippen LogP contribution in [0.15, 0.2) is 72.9 Å². The third-order valence-electron chi connectivity index (χ3n) is 3.39. The van der Waals surface area contributed by atoms with Crippen LogP contribution >= 0.6 is 0 Å². The molecule has 22 heavy (non-hydrogen) atoms. The number of pyridine rings is 1. The largest absolute Gasteiger partial charge is 2.00 e. The van der Waals surface area contributed by atoms with E-state index in [1.54, 1.807) is 0 Å². The minimum absolute atomic E-state index is 0. The van der Waals surface area contributed by atoms with E-state index in [0.717, 1.165) is 25.3 Å². The van der Waals surface area contributed by atoms with Crippen LogP contribution in [0, 0.1) is 0 Å². The molecule has 112 valence electrons. The zero-order valence-corrected chi connectivity index (χ0v) is 17.3. The van der Waals surface area contributed by atoms with E-state index in [9.17, 15) is 0 Å². The van der Waals surface area contributed by atoms with Crippen molar-refractivity contribution in [2.45, 2.75) is 19.6 Å². The summed E-state index contributed by atoms with van der Waals surface area (Å²) in [4.78, 5) is 6.86. The van der Waals surface area contributed by atoms with E-state index in [1.165, 1.54) is 11.1 Å². The molecule has 3 rings (SSSR count). The van der Waals surface area contributed by atoms with Crippen molar-refractivity contribution in [3.63, 3.8) is 0 Å². The molecular weight excluding hydrogens is 507 g/mol. The third-order valence-corrected chi connectivity index (χ3v) is 3.39. The second kappa shape index (κ2) is 10.1. The van der Waals surface area contributed by atoms with Gasteiger partial charge in [-0.05, 0) is 25.2 Å². The van der Waals surface area contributed by atoms with Crippen molar-refractivity contribution < 1.29 is 17.1 Å². The molecule has 0 aliphatic rings. The first kappa shape index (κ1) is 19.3. The van der Waals surface area contributed by atoms with Crippen LogP contribution in [0.1, 0.15) is 16.8 Å². The van der Waals surface area contributed by atoms with E-state index in [4.69, 9.17) is 0 Å². The summed E-state index contributed by atoms with van der Waals surface area (Å²) in [6.07, 6.45) is 1.86.